The summed E-state index contributed by atoms with van der Waals surface area (Å²) < 4.78 is 24.4. The second-order valence-corrected chi connectivity index (χ2v) is 7.16. The number of nitrogens with one attached hydrogen (secondary N) is 1. The standard InChI is InChI=1S/C18H16ClF2NOS/c19-13-4-7-15-12(9-13)3-8-16(15)22-18(23)11-1-5-14(6-2-11)24-10-17(20)21/h1-2,4-7,9,16-17H,3,8,10H2,(H,22,23)/t16-/m1/s1. The van der Waals surface area contributed by atoms with Gasteiger partial charge in [-0.3, -0.25) is 4.79 Å². The summed E-state index contributed by atoms with van der Waals surface area (Å²) in [6.07, 6.45) is -0.595. The normalized spacial score (nSPS) is 16.2. The van der Waals surface area contributed by atoms with E-state index in [9.17, 15) is 13.6 Å². The number of carbonyl (C=O) groups is 1. The molecule has 0 fully saturated rings. The average Bonchev–Trinajstić information content (AvgIpc) is 2.95. The smallest absolute Gasteiger partial charge is 0.251 e. The molecule has 0 aromatic heterocycles. The van der Waals surface area contributed by atoms with E-state index in [0.717, 1.165) is 35.1 Å². The van der Waals surface area contributed by atoms with Gasteiger partial charge >= 0.3 is 0 Å². The van der Waals surface area contributed by atoms with Crippen molar-refractivity contribution in [1.82, 2.24) is 5.32 Å². The number of aryl methyl sites for hydroxylation is 1. The van der Waals surface area contributed by atoms with Crippen LogP contribution in [0.4, 0.5) is 8.78 Å². The zero-order chi connectivity index (χ0) is 17.1. The number of hydrogen-bond donors (Lipinski definition) is 1. The minimum Gasteiger partial charge on any atom is -0.345 e. The van der Waals surface area contributed by atoms with Crippen LogP contribution in [-0.4, -0.2) is 18.1 Å². The molecule has 2 nitrogen and oxygen atoms in total. The molecule has 0 unspecified atom stereocenters. The SMILES string of the molecule is O=C(N[C@@H]1CCc2cc(Cl)ccc21)c1ccc(SCC(F)F)cc1. The second-order valence-electron chi connectivity index (χ2n) is 5.63. The van der Waals surface area contributed by atoms with Crippen LogP contribution in [-0.2, 0) is 6.42 Å². The zero-order valence-corrected chi connectivity index (χ0v) is 14.3. The first-order chi connectivity index (χ1) is 11.5. The van der Waals surface area contributed by atoms with Crippen molar-refractivity contribution in [1.29, 1.82) is 0 Å². The summed E-state index contributed by atoms with van der Waals surface area (Å²) in [6.45, 7) is 0. The first-order valence-electron chi connectivity index (χ1n) is 7.63. The maximum Gasteiger partial charge on any atom is 0.251 e. The quantitative estimate of drug-likeness (QED) is 0.743. The van der Waals surface area contributed by atoms with Gasteiger partial charge in [0.1, 0.15) is 0 Å². The summed E-state index contributed by atoms with van der Waals surface area (Å²) in [6, 6.07) is 12.5. The van der Waals surface area contributed by atoms with Gasteiger partial charge in [-0.2, -0.15) is 0 Å². The van der Waals surface area contributed by atoms with Crippen molar-refractivity contribution < 1.29 is 13.6 Å². The van der Waals surface area contributed by atoms with Crippen molar-refractivity contribution in [2.24, 2.45) is 0 Å². The zero-order valence-electron chi connectivity index (χ0n) is 12.8. The Bertz CT molecular complexity index is 736. The van der Waals surface area contributed by atoms with Crippen molar-refractivity contribution in [2.75, 3.05) is 5.75 Å². The number of thioether (sulfide) groups is 1. The van der Waals surface area contributed by atoms with Crippen molar-refractivity contribution in [2.45, 2.75) is 30.2 Å². The van der Waals surface area contributed by atoms with Crippen LogP contribution in [0.1, 0.15) is 33.9 Å². The number of benzene rings is 2. The Morgan fingerprint density at radius 1 is 1.25 bits per heavy atom. The molecule has 0 heterocycles. The van der Waals surface area contributed by atoms with Crippen LogP contribution < -0.4 is 5.32 Å². The van der Waals surface area contributed by atoms with Gasteiger partial charge in [0.15, 0.2) is 0 Å². The lowest BCUT2D eigenvalue weighted by Gasteiger charge is -2.14. The molecule has 1 aliphatic carbocycles. The molecule has 2 aromatic carbocycles. The lowest BCUT2D eigenvalue weighted by Crippen LogP contribution is -2.27. The van der Waals surface area contributed by atoms with Crippen molar-refractivity contribution in [3.8, 4) is 0 Å². The highest BCUT2D eigenvalue weighted by molar-refractivity contribution is 7.99. The molecular formula is C18H16ClF2NOS. The third kappa shape index (κ3) is 4.08. The van der Waals surface area contributed by atoms with Crippen LogP contribution in [0.25, 0.3) is 0 Å². The number of alkyl halides is 2. The van der Waals surface area contributed by atoms with Crippen LogP contribution in [0.15, 0.2) is 47.4 Å². The molecule has 0 radical (unpaired) electrons. The van der Waals surface area contributed by atoms with E-state index in [0.29, 0.717) is 10.6 Å². The Balaban J connectivity index is 1.64. The fourth-order valence-electron chi connectivity index (χ4n) is 2.84. The highest BCUT2D eigenvalue weighted by Crippen LogP contribution is 2.33. The fraction of sp³-hybridized carbons (Fsp3) is 0.278. The molecule has 1 N–H and O–H groups in total. The van der Waals surface area contributed by atoms with Gasteiger partial charge in [0.2, 0.25) is 6.43 Å². The van der Waals surface area contributed by atoms with E-state index in [2.05, 4.69) is 5.32 Å². The van der Waals surface area contributed by atoms with Gasteiger partial charge in [0.05, 0.1) is 11.8 Å². The molecule has 1 aliphatic rings. The van der Waals surface area contributed by atoms with Gasteiger partial charge in [-0.05, 0) is 60.4 Å². The number of hydrogen-bond acceptors (Lipinski definition) is 2. The van der Waals surface area contributed by atoms with E-state index in [-0.39, 0.29) is 17.7 Å². The fourth-order valence-corrected chi connectivity index (χ4v) is 3.68. The summed E-state index contributed by atoms with van der Waals surface area (Å²) in [5, 5.41) is 3.74. The summed E-state index contributed by atoms with van der Waals surface area (Å²) in [4.78, 5) is 13.1. The van der Waals surface area contributed by atoms with Gasteiger partial charge in [-0.15, -0.1) is 11.8 Å². The molecule has 1 amide bonds. The molecule has 2 aromatic rings. The first kappa shape index (κ1) is 17.2. The van der Waals surface area contributed by atoms with Gasteiger partial charge in [0, 0.05) is 15.5 Å². The third-order valence-corrected chi connectivity index (χ3v) is 5.24. The van der Waals surface area contributed by atoms with Gasteiger partial charge in [-0.25, -0.2) is 8.78 Å². The maximum absolute atomic E-state index is 12.4. The molecule has 3 rings (SSSR count). The average molecular weight is 368 g/mol. The van der Waals surface area contributed by atoms with E-state index in [1.165, 1.54) is 5.56 Å². The van der Waals surface area contributed by atoms with Crippen molar-refractivity contribution in [3.05, 3.63) is 64.2 Å². The van der Waals surface area contributed by atoms with E-state index < -0.39 is 6.43 Å². The predicted octanol–water partition coefficient (Wildman–Crippen LogP) is 5.11. The van der Waals surface area contributed by atoms with E-state index in [4.69, 9.17) is 11.6 Å². The van der Waals surface area contributed by atoms with E-state index >= 15 is 0 Å². The lowest BCUT2D eigenvalue weighted by atomic mass is 10.1. The van der Waals surface area contributed by atoms with E-state index in [1.54, 1.807) is 24.3 Å². The summed E-state index contributed by atoms with van der Waals surface area (Å²) >= 11 is 7.08. The highest BCUT2D eigenvalue weighted by Gasteiger charge is 2.24. The van der Waals surface area contributed by atoms with Gasteiger partial charge in [0.25, 0.3) is 5.91 Å². The second kappa shape index (κ2) is 7.53. The van der Waals surface area contributed by atoms with E-state index in [1.807, 2.05) is 18.2 Å². The number of rotatable bonds is 5. The molecule has 24 heavy (non-hydrogen) atoms. The van der Waals surface area contributed by atoms with Crippen molar-refractivity contribution in [3.63, 3.8) is 0 Å². The van der Waals surface area contributed by atoms with Crippen LogP contribution in [0.5, 0.6) is 0 Å². The molecule has 0 bridgehead atoms. The van der Waals surface area contributed by atoms with Gasteiger partial charge < -0.3 is 5.32 Å². The number of amides is 1. The lowest BCUT2D eigenvalue weighted by molar-refractivity contribution is 0.0936. The Labute approximate surface area is 148 Å². The molecular weight excluding hydrogens is 352 g/mol. The Morgan fingerprint density at radius 2 is 2.00 bits per heavy atom. The summed E-state index contributed by atoms with van der Waals surface area (Å²) in [7, 11) is 0. The van der Waals surface area contributed by atoms with Crippen LogP contribution in [0, 0.1) is 0 Å². The molecule has 0 saturated carbocycles. The van der Waals surface area contributed by atoms with Crippen LogP contribution in [0.3, 0.4) is 0 Å². The topological polar surface area (TPSA) is 29.1 Å². The first-order valence-corrected chi connectivity index (χ1v) is 8.99. The van der Waals surface area contributed by atoms with Crippen LogP contribution >= 0.6 is 23.4 Å². The number of carbonyl (C=O) groups excluding carboxylic acids is 1. The van der Waals surface area contributed by atoms with Crippen molar-refractivity contribution >= 4 is 29.3 Å². The Kier molecular flexibility index (Phi) is 5.41. The molecule has 126 valence electrons. The minimum absolute atomic E-state index is 0.0161. The number of fused-ring (bicyclic) bond motifs is 1. The summed E-state index contributed by atoms with van der Waals surface area (Å²) in [5.41, 5.74) is 2.81. The monoisotopic (exact) mass is 367 g/mol. The third-order valence-electron chi connectivity index (χ3n) is 3.98. The van der Waals surface area contributed by atoms with Crippen LogP contribution in [0.2, 0.25) is 5.02 Å². The number of halogens is 3. The predicted molar refractivity (Wildman–Crippen MR) is 93.2 cm³/mol. The minimum atomic E-state index is -2.34. The Morgan fingerprint density at radius 3 is 2.71 bits per heavy atom. The Hall–Kier alpha value is -1.59. The molecule has 0 spiro atoms. The molecule has 1 atom stereocenters. The van der Waals surface area contributed by atoms with Gasteiger partial charge in [-0.1, -0.05) is 17.7 Å². The largest absolute Gasteiger partial charge is 0.345 e. The molecule has 6 heteroatoms. The highest BCUT2D eigenvalue weighted by atomic mass is 35.5. The maximum atomic E-state index is 12.4. The summed E-state index contributed by atoms with van der Waals surface area (Å²) in [5.74, 6) is -0.402. The molecule has 0 saturated heterocycles. The molecule has 0 aliphatic heterocycles.